The molecule has 110 valence electrons. The molecule has 3 atom stereocenters. The average Bonchev–Trinajstić information content (AvgIpc) is 3.12. The molecule has 2 aromatic carbocycles. The van der Waals surface area contributed by atoms with Crippen molar-refractivity contribution in [1.29, 1.82) is 0 Å². The van der Waals surface area contributed by atoms with E-state index in [1.54, 1.807) is 36.4 Å². The second-order valence-electron chi connectivity index (χ2n) is 5.48. The van der Waals surface area contributed by atoms with Gasteiger partial charge in [-0.3, -0.25) is 0 Å². The Morgan fingerprint density at radius 2 is 1.57 bits per heavy atom. The molecule has 1 aliphatic carbocycles. The molecular weight excluding hydrogens is 289 g/mol. The SMILES string of the molecule is Cc1ccc(S(=O)(=O)[C@@H]2[C@@H](N)[C@@H]2c2ccc(F)cc2)cc1. The molecule has 2 N–H and O–H groups in total. The topological polar surface area (TPSA) is 60.2 Å². The van der Waals surface area contributed by atoms with Crippen LogP contribution in [0.2, 0.25) is 0 Å². The highest BCUT2D eigenvalue weighted by Crippen LogP contribution is 2.47. The van der Waals surface area contributed by atoms with Crippen LogP contribution in [0, 0.1) is 12.7 Å². The predicted molar refractivity (Wildman–Crippen MR) is 79.3 cm³/mol. The molecule has 0 aromatic heterocycles. The van der Waals surface area contributed by atoms with E-state index in [2.05, 4.69) is 0 Å². The largest absolute Gasteiger partial charge is 0.326 e. The van der Waals surface area contributed by atoms with Gasteiger partial charge in [0.15, 0.2) is 9.84 Å². The van der Waals surface area contributed by atoms with Crippen LogP contribution < -0.4 is 5.73 Å². The predicted octanol–water partition coefficient (Wildman–Crippen LogP) is 2.40. The molecule has 0 aliphatic heterocycles. The van der Waals surface area contributed by atoms with E-state index in [1.807, 2.05) is 6.92 Å². The Labute approximate surface area is 123 Å². The molecule has 0 amide bonds. The number of sulfone groups is 1. The van der Waals surface area contributed by atoms with E-state index in [0.717, 1.165) is 11.1 Å². The summed E-state index contributed by atoms with van der Waals surface area (Å²) in [5.74, 6) is -0.609. The molecule has 5 heteroatoms. The summed E-state index contributed by atoms with van der Waals surface area (Å²) in [7, 11) is -3.46. The van der Waals surface area contributed by atoms with Crippen molar-refractivity contribution in [2.45, 2.75) is 29.0 Å². The minimum atomic E-state index is -3.46. The summed E-state index contributed by atoms with van der Waals surface area (Å²) in [4.78, 5) is 0.290. The van der Waals surface area contributed by atoms with E-state index < -0.39 is 21.1 Å². The summed E-state index contributed by atoms with van der Waals surface area (Å²) in [5, 5.41) is -0.634. The molecule has 3 rings (SSSR count). The van der Waals surface area contributed by atoms with Gasteiger partial charge in [-0.15, -0.1) is 0 Å². The zero-order valence-electron chi connectivity index (χ0n) is 11.5. The first-order valence-corrected chi connectivity index (χ1v) is 8.27. The molecule has 0 spiro atoms. The first-order chi connectivity index (χ1) is 9.91. The lowest BCUT2D eigenvalue weighted by Crippen LogP contribution is -2.15. The van der Waals surface area contributed by atoms with Crippen molar-refractivity contribution >= 4 is 9.84 Å². The monoisotopic (exact) mass is 305 g/mol. The second-order valence-corrected chi connectivity index (χ2v) is 7.58. The Morgan fingerprint density at radius 3 is 2.14 bits per heavy atom. The van der Waals surface area contributed by atoms with Crippen molar-refractivity contribution in [3.8, 4) is 0 Å². The molecule has 0 radical (unpaired) electrons. The van der Waals surface area contributed by atoms with Crippen molar-refractivity contribution in [1.82, 2.24) is 0 Å². The quantitative estimate of drug-likeness (QED) is 0.947. The van der Waals surface area contributed by atoms with Crippen LogP contribution in [0.3, 0.4) is 0 Å². The summed E-state index contributed by atoms with van der Waals surface area (Å²) < 4.78 is 38.2. The van der Waals surface area contributed by atoms with Crippen LogP contribution in [0.25, 0.3) is 0 Å². The first kappa shape index (κ1) is 14.2. The van der Waals surface area contributed by atoms with Gasteiger partial charge in [-0.05, 0) is 36.8 Å². The maximum Gasteiger partial charge on any atom is 0.183 e. The van der Waals surface area contributed by atoms with Gasteiger partial charge in [-0.1, -0.05) is 29.8 Å². The van der Waals surface area contributed by atoms with Gasteiger partial charge in [0.25, 0.3) is 0 Å². The highest BCUT2D eigenvalue weighted by atomic mass is 32.2. The van der Waals surface area contributed by atoms with E-state index in [1.165, 1.54) is 12.1 Å². The van der Waals surface area contributed by atoms with Crippen molar-refractivity contribution < 1.29 is 12.8 Å². The highest BCUT2D eigenvalue weighted by molar-refractivity contribution is 7.92. The molecule has 1 aliphatic rings. The molecule has 0 unspecified atom stereocenters. The maximum atomic E-state index is 13.0. The Kier molecular flexibility index (Phi) is 3.34. The highest BCUT2D eigenvalue weighted by Gasteiger charge is 2.57. The van der Waals surface area contributed by atoms with Crippen LogP contribution in [0.5, 0.6) is 0 Å². The van der Waals surface area contributed by atoms with Gasteiger partial charge in [-0.25, -0.2) is 12.8 Å². The van der Waals surface area contributed by atoms with Crippen LogP contribution in [0.4, 0.5) is 4.39 Å². The smallest absolute Gasteiger partial charge is 0.183 e. The second kappa shape index (κ2) is 4.93. The minimum Gasteiger partial charge on any atom is -0.326 e. The van der Waals surface area contributed by atoms with E-state index in [0.29, 0.717) is 0 Å². The summed E-state index contributed by atoms with van der Waals surface area (Å²) in [6.07, 6.45) is 0. The third kappa shape index (κ3) is 2.47. The standard InChI is InChI=1S/C16H16FNO2S/c1-10-2-8-13(9-3-10)21(19,20)16-14(15(16)18)11-4-6-12(17)7-5-11/h2-9,14-16H,18H2,1H3/t14-,15-,16-/m0/s1. The van der Waals surface area contributed by atoms with E-state index in [4.69, 9.17) is 5.73 Å². The normalized spacial score (nSPS) is 24.8. The lowest BCUT2D eigenvalue weighted by Gasteiger charge is -2.04. The van der Waals surface area contributed by atoms with E-state index in [9.17, 15) is 12.8 Å². The zero-order valence-corrected chi connectivity index (χ0v) is 12.3. The third-order valence-electron chi connectivity index (χ3n) is 3.97. The van der Waals surface area contributed by atoms with Gasteiger partial charge in [0.1, 0.15) is 5.82 Å². The van der Waals surface area contributed by atoms with Gasteiger partial charge in [-0.2, -0.15) is 0 Å². The summed E-state index contributed by atoms with van der Waals surface area (Å²) in [6.45, 7) is 1.90. The Bertz CT molecular complexity index is 754. The van der Waals surface area contributed by atoms with Crippen molar-refractivity contribution in [2.24, 2.45) is 5.73 Å². The molecule has 1 saturated carbocycles. The minimum absolute atomic E-state index is 0.267. The number of nitrogens with two attached hydrogens (primary N) is 1. The lowest BCUT2D eigenvalue weighted by atomic mass is 10.1. The van der Waals surface area contributed by atoms with Crippen LogP contribution in [-0.4, -0.2) is 19.7 Å². The molecule has 1 fully saturated rings. The Hall–Kier alpha value is -1.72. The molecule has 0 bridgehead atoms. The number of halogens is 1. The number of hydrogen-bond acceptors (Lipinski definition) is 3. The molecular formula is C16H16FNO2S. The molecule has 0 heterocycles. The van der Waals surface area contributed by atoms with Gasteiger partial charge in [0.05, 0.1) is 10.1 Å². The summed E-state index contributed by atoms with van der Waals surface area (Å²) >= 11 is 0. The Morgan fingerprint density at radius 1 is 1.00 bits per heavy atom. The summed E-state index contributed by atoms with van der Waals surface area (Å²) in [6, 6.07) is 12.2. The Balaban J connectivity index is 1.91. The van der Waals surface area contributed by atoms with Crippen LogP contribution >= 0.6 is 0 Å². The van der Waals surface area contributed by atoms with Crippen molar-refractivity contribution in [2.75, 3.05) is 0 Å². The number of rotatable bonds is 3. The zero-order chi connectivity index (χ0) is 15.2. The molecule has 0 saturated heterocycles. The third-order valence-corrected chi connectivity index (χ3v) is 6.22. The maximum absolute atomic E-state index is 13.0. The van der Waals surface area contributed by atoms with Gasteiger partial charge in [0.2, 0.25) is 0 Å². The first-order valence-electron chi connectivity index (χ1n) is 6.73. The number of hydrogen-bond donors (Lipinski definition) is 1. The van der Waals surface area contributed by atoms with Crippen LogP contribution in [-0.2, 0) is 9.84 Å². The molecule has 21 heavy (non-hydrogen) atoms. The fourth-order valence-electron chi connectivity index (χ4n) is 2.69. The van der Waals surface area contributed by atoms with E-state index in [-0.39, 0.29) is 16.6 Å². The van der Waals surface area contributed by atoms with Crippen LogP contribution in [0.15, 0.2) is 53.4 Å². The van der Waals surface area contributed by atoms with Gasteiger partial charge >= 0.3 is 0 Å². The van der Waals surface area contributed by atoms with Crippen molar-refractivity contribution in [3.63, 3.8) is 0 Å². The average molecular weight is 305 g/mol. The fraction of sp³-hybridized carbons (Fsp3) is 0.250. The van der Waals surface area contributed by atoms with E-state index >= 15 is 0 Å². The molecule has 3 nitrogen and oxygen atoms in total. The number of aryl methyl sites for hydroxylation is 1. The van der Waals surface area contributed by atoms with Crippen molar-refractivity contribution in [3.05, 3.63) is 65.5 Å². The van der Waals surface area contributed by atoms with Gasteiger partial charge in [0, 0.05) is 12.0 Å². The van der Waals surface area contributed by atoms with Gasteiger partial charge < -0.3 is 5.73 Å². The number of benzene rings is 2. The summed E-state index contributed by atoms with van der Waals surface area (Å²) in [5.41, 5.74) is 7.73. The fourth-order valence-corrected chi connectivity index (χ4v) is 4.73. The van der Waals surface area contributed by atoms with Crippen LogP contribution in [0.1, 0.15) is 17.0 Å². The lowest BCUT2D eigenvalue weighted by molar-refractivity contribution is 0.593. The molecule has 2 aromatic rings.